The molecule has 0 aliphatic heterocycles. The van der Waals surface area contributed by atoms with E-state index in [1.807, 2.05) is 0 Å². The molecule has 5 heteroatoms. The van der Waals surface area contributed by atoms with Crippen LogP contribution in [0.5, 0.6) is 5.75 Å². The summed E-state index contributed by atoms with van der Waals surface area (Å²) in [5.74, 6) is -1.89. The van der Waals surface area contributed by atoms with Crippen LogP contribution in [-0.2, 0) is 11.2 Å². The van der Waals surface area contributed by atoms with Gasteiger partial charge in [-0.3, -0.25) is 4.79 Å². The smallest absolute Gasteiger partial charge is 0.307 e. The van der Waals surface area contributed by atoms with Crippen LogP contribution in [0.4, 0.5) is 4.39 Å². The molecule has 0 atom stereocenters. The highest BCUT2D eigenvalue weighted by Gasteiger charge is 2.15. The van der Waals surface area contributed by atoms with Crippen molar-refractivity contribution in [2.24, 2.45) is 0 Å². The molecule has 0 amide bonds. The first-order chi connectivity index (χ1) is 7.06. The first-order valence-corrected chi connectivity index (χ1v) is 4.75. The van der Waals surface area contributed by atoms with E-state index in [1.165, 1.54) is 12.1 Å². The SMILES string of the molecule is CCOc1c(Cl)ccc(CC(=O)O)c1F. The van der Waals surface area contributed by atoms with E-state index in [9.17, 15) is 9.18 Å². The second-order valence-electron chi connectivity index (χ2n) is 2.85. The molecule has 1 aromatic rings. The van der Waals surface area contributed by atoms with Gasteiger partial charge in [-0.1, -0.05) is 17.7 Å². The second-order valence-corrected chi connectivity index (χ2v) is 3.26. The molecule has 82 valence electrons. The molecule has 0 saturated carbocycles. The molecule has 0 radical (unpaired) electrons. The minimum atomic E-state index is -1.10. The van der Waals surface area contributed by atoms with Gasteiger partial charge in [0.05, 0.1) is 18.1 Å². The summed E-state index contributed by atoms with van der Waals surface area (Å²) in [4.78, 5) is 10.4. The number of carboxylic acid groups (broad SMARTS) is 1. The van der Waals surface area contributed by atoms with Gasteiger partial charge in [0.15, 0.2) is 11.6 Å². The number of benzene rings is 1. The zero-order valence-electron chi connectivity index (χ0n) is 8.09. The van der Waals surface area contributed by atoms with Crippen LogP contribution in [-0.4, -0.2) is 17.7 Å². The summed E-state index contributed by atoms with van der Waals surface area (Å²) in [6.07, 6.45) is -0.386. The third kappa shape index (κ3) is 2.83. The number of hydrogen-bond donors (Lipinski definition) is 1. The normalized spacial score (nSPS) is 10.1. The van der Waals surface area contributed by atoms with Gasteiger partial charge in [-0.25, -0.2) is 4.39 Å². The Kier molecular flexibility index (Phi) is 3.91. The third-order valence-electron chi connectivity index (χ3n) is 1.76. The maximum atomic E-state index is 13.6. The van der Waals surface area contributed by atoms with Crippen molar-refractivity contribution in [3.05, 3.63) is 28.5 Å². The molecule has 0 aromatic heterocycles. The highest BCUT2D eigenvalue weighted by Crippen LogP contribution is 2.30. The monoisotopic (exact) mass is 232 g/mol. The van der Waals surface area contributed by atoms with Gasteiger partial charge in [0, 0.05) is 5.56 Å². The number of carboxylic acids is 1. The van der Waals surface area contributed by atoms with Gasteiger partial charge in [0.2, 0.25) is 0 Å². The predicted octanol–water partition coefficient (Wildman–Crippen LogP) is 2.50. The number of hydrogen-bond acceptors (Lipinski definition) is 2. The molecule has 0 unspecified atom stereocenters. The molecule has 0 saturated heterocycles. The van der Waals surface area contributed by atoms with Crippen LogP contribution in [0.25, 0.3) is 0 Å². The maximum absolute atomic E-state index is 13.6. The van der Waals surface area contributed by atoms with Crippen LogP contribution in [0.15, 0.2) is 12.1 Å². The van der Waals surface area contributed by atoms with E-state index in [1.54, 1.807) is 6.92 Å². The molecule has 3 nitrogen and oxygen atoms in total. The maximum Gasteiger partial charge on any atom is 0.307 e. The van der Waals surface area contributed by atoms with Gasteiger partial charge in [0.1, 0.15) is 0 Å². The number of aliphatic carboxylic acids is 1. The fourth-order valence-electron chi connectivity index (χ4n) is 1.15. The lowest BCUT2D eigenvalue weighted by molar-refractivity contribution is -0.136. The Morgan fingerprint density at radius 2 is 2.27 bits per heavy atom. The summed E-state index contributed by atoms with van der Waals surface area (Å²) in [6, 6.07) is 2.77. The quantitative estimate of drug-likeness (QED) is 0.868. The molecule has 0 fully saturated rings. The summed E-state index contributed by atoms with van der Waals surface area (Å²) in [5, 5.41) is 8.68. The van der Waals surface area contributed by atoms with Crippen molar-refractivity contribution < 1.29 is 19.0 Å². The van der Waals surface area contributed by atoms with Crippen LogP contribution >= 0.6 is 11.6 Å². The minimum absolute atomic E-state index is 0.0651. The summed E-state index contributed by atoms with van der Waals surface area (Å²) < 4.78 is 18.6. The summed E-state index contributed by atoms with van der Waals surface area (Å²) in [7, 11) is 0. The van der Waals surface area contributed by atoms with Crippen molar-refractivity contribution in [2.75, 3.05) is 6.61 Å². The Morgan fingerprint density at radius 1 is 1.60 bits per heavy atom. The van der Waals surface area contributed by atoms with Crippen LogP contribution in [0.3, 0.4) is 0 Å². The number of carbonyl (C=O) groups is 1. The lowest BCUT2D eigenvalue weighted by Gasteiger charge is -2.09. The van der Waals surface area contributed by atoms with Crippen LogP contribution in [0.2, 0.25) is 5.02 Å². The van der Waals surface area contributed by atoms with Crippen LogP contribution < -0.4 is 4.74 Å². The Balaban J connectivity index is 3.09. The van der Waals surface area contributed by atoms with Crippen LogP contribution in [0, 0.1) is 5.82 Å². The Labute approximate surface area is 91.4 Å². The Hall–Kier alpha value is -1.29. The van der Waals surface area contributed by atoms with E-state index in [2.05, 4.69) is 0 Å². The van der Waals surface area contributed by atoms with E-state index in [-0.39, 0.29) is 29.4 Å². The lowest BCUT2D eigenvalue weighted by Crippen LogP contribution is -2.05. The fraction of sp³-hybridized carbons (Fsp3) is 0.300. The van der Waals surface area contributed by atoms with Crippen molar-refractivity contribution in [2.45, 2.75) is 13.3 Å². The Morgan fingerprint density at radius 3 is 2.80 bits per heavy atom. The van der Waals surface area contributed by atoms with E-state index < -0.39 is 11.8 Å². The van der Waals surface area contributed by atoms with Crippen LogP contribution in [0.1, 0.15) is 12.5 Å². The van der Waals surface area contributed by atoms with Gasteiger partial charge < -0.3 is 9.84 Å². The zero-order chi connectivity index (χ0) is 11.4. The van der Waals surface area contributed by atoms with Gasteiger partial charge in [-0.15, -0.1) is 0 Å². The summed E-state index contributed by atoms with van der Waals surface area (Å²) in [6.45, 7) is 1.97. The van der Waals surface area contributed by atoms with Gasteiger partial charge in [-0.2, -0.15) is 0 Å². The van der Waals surface area contributed by atoms with Crippen molar-refractivity contribution in [3.63, 3.8) is 0 Å². The highest BCUT2D eigenvalue weighted by molar-refractivity contribution is 6.32. The average molecular weight is 233 g/mol. The number of ether oxygens (including phenoxy) is 1. The molecule has 0 spiro atoms. The summed E-state index contributed by atoms with van der Waals surface area (Å²) in [5.41, 5.74) is 0.0651. The molecular weight excluding hydrogens is 223 g/mol. The standard InChI is InChI=1S/C10H10ClFO3/c1-2-15-10-7(11)4-3-6(9(10)12)5-8(13)14/h3-4H,2,5H2,1H3,(H,13,14). The molecular formula is C10H10ClFO3. The van der Waals surface area contributed by atoms with Crippen molar-refractivity contribution in [1.29, 1.82) is 0 Å². The van der Waals surface area contributed by atoms with Gasteiger partial charge in [-0.05, 0) is 13.0 Å². The number of rotatable bonds is 4. The first-order valence-electron chi connectivity index (χ1n) is 4.37. The fourth-order valence-corrected chi connectivity index (χ4v) is 1.35. The van der Waals surface area contributed by atoms with Crippen molar-refractivity contribution in [3.8, 4) is 5.75 Å². The molecule has 1 N–H and O–H groups in total. The third-order valence-corrected chi connectivity index (χ3v) is 2.06. The van der Waals surface area contributed by atoms with E-state index in [4.69, 9.17) is 21.4 Å². The molecule has 1 rings (SSSR count). The first kappa shape index (κ1) is 11.8. The minimum Gasteiger partial charge on any atom is -0.489 e. The molecule has 0 aliphatic rings. The van der Waals surface area contributed by atoms with Crippen molar-refractivity contribution in [1.82, 2.24) is 0 Å². The van der Waals surface area contributed by atoms with E-state index in [0.29, 0.717) is 0 Å². The summed E-state index contributed by atoms with van der Waals surface area (Å²) >= 11 is 5.70. The largest absolute Gasteiger partial charge is 0.489 e. The Bertz CT molecular complexity index is 379. The molecule has 0 heterocycles. The lowest BCUT2D eigenvalue weighted by atomic mass is 10.1. The van der Waals surface area contributed by atoms with Crippen molar-refractivity contribution >= 4 is 17.6 Å². The second kappa shape index (κ2) is 4.98. The van der Waals surface area contributed by atoms with Gasteiger partial charge in [0.25, 0.3) is 0 Å². The molecule has 15 heavy (non-hydrogen) atoms. The van der Waals surface area contributed by atoms with E-state index >= 15 is 0 Å². The molecule has 1 aromatic carbocycles. The topological polar surface area (TPSA) is 46.5 Å². The predicted molar refractivity (Wildman–Crippen MR) is 53.9 cm³/mol. The van der Waals surface area contributed by atoms with Gasteiger partial charge >= 0.3 is 5.97 Å². The van der Waals surface area contributed by atoms with E-state index in [0.717, 1.165) is 0 Å². The molecule has 0 aliphatic carbocycles. The average Bonchev–Trinajstić information content (AvgIpc) is 2.16. The molecule has 0 bridgehead atoms. The highest BCUT2D eigenvalue weighted by atomic mass is 35.5. The number of halogens is 2. The zero-order valence-corrected chi connectivity index (χ0v) is 8.84.